The molecule has 2 N–H and O–H groups in total. The highest BCUT2D eigenvalue weighted by Crippen LogP contribution is 2.32. The molecule has 2 aromatic rings. The van der Waals surface area contributed by atoms with Crippen LogP contribution in [0.15, 0.2) is 34.8 Å². The van der Waals surface area contributed by atoms with Crippen molar-refractivity contribution in [2.75, 3.05) is 0 Å². The Hall–Kier alpha value is -0.680. The summed E-state index contributed by atoms with van der Waals surface area (Å²) in [5, 5.41) is -0.0993. The molecule has 0 fully saturated rings. The number of hydrogen-bond donors (Lipinski definition) is 1. The Balaban J connectivity index is 2.47. The fourth-order valence-corrected chi connectivity index (χ4v) is 2.33. The highest BCUT2D eigenvalue weighted by molar-refractivity contribution is 9.10. The van der Waals surface area contributed by atoms with Gasteiger partial charge in [-0.2, -0.15) is 0 Å². The third kappa shape index (κ3) is 2.92. The van der Waals surface area contributed by atoms with Crippen molar-refractivity contribution in [2.45, 2.75) is 6.04 Å². The molecule has 1 unspecified atom stereocenters. The Labute approximate surface area is 127 Å². The molecule has 19 heavy (non-hydrogen) atoms. The van der Waals surface area contributed by atoms with E-state index in [9.17, 15) is 8.78 Å². The average Bonchev–Trinajstić information content (AvgIpc) is 2.39. The molecular weight excluding hydrogens is 359 g/mol. The SMILES string of the molecule is NC(c1ccc(F)c(Cl)c1)c1ccc(Br)c(Cl)c1F. The Morgan fingerprint density at radius 3 is 2.42 bits per heavy atom. The molecule has 0 spiro atoms. The van der Waals surface area contributed by atoms with Gasteiger partial charge in [0.2, 0.25) is 0 Å². The van der Waals surface area contributed by atoms with Crippen LogP contribution in [0.4, 0.5) is 8.78 Å². The highest BCUT2D eigenvalue weighted by Gasteiger charge is 2.18. The van der Waals surface area contributed by atoms with Gasteiger partial charge in [0.1, 0.15) is 11.6 Å². The fraction of sp³-hybridized carbons (Fsp3) is 0.0769. The first kappa shape index (κ1) is 14.7. The van der Waals surface area contributed by atoms with Gasteiger partial charge in [-0.3, -0.25) is 0 Å². The number of halogens is 5. The zero-order valence-corrected chi connectivity index (χ0v) is 12.5. The molecule has 0 saturated carbocycles. The average molecular weight is 367 g/mol. The van der Waals surface area contributed by atoms with Gasteiger partial charge in [0, 0.05) is 10.0 Å². The smallest absolute Gasteiger partial charge is 0.148 e. The van der Waals surface area contributed by atoms with E-state index in [2.05, 4.69) is 15.9 Å². The van der Waals surface area contributed by atoms with Gasteiger partial charge in [0.05, 0.1) is 16.1 Å². The summed E-state index contributed by atoms with van der Waals surface area (Å²) in [4.78, 5) is 0. The summed E-state index contributed by atoms with van der Waals surface area (Å²) in [5.74, 6) is -1.16. The van der Waals surface area contributed by atoms with E-state index in [-0.39, 0.29) is 15.6 Å². The molecule has 0 radical (unpaired) electrons. The Bertz CT molecular complexity index is 634. The first-order chi connectivity index (χ1) is 8.91. The highest BCUT2D eigenvalue weighted by atomic mass is 79.9. The van der Waals surface area contributed by atoms with Crippen molar-refractivity contribution in [1.29, 1.82) is 0 Å². The predicted octanol–water partition coefficient (Wildman–Crippen LogP) is 5.08. The van der Waals surface area contributed by atoms with Crippen molar-refractivity contribution < 1.29 is 8.78 Å². The molecule has 0 aliphatic rings. The van der Waals surface area contributed by atoms with Gasteiger partial charge in [-0.05, 0) is 39.7 Å². The molecule has 0 aromatic heterocycles. The van der Waals surface area contributed by atoms with Crippen LogP contribution in [0, 0.1) is 11.6 Å². The van der Waals surface area contributed by atoms with Gasteiger partial charge < -0.3 is 5.73 Å². The second-order valence-electron chi connectivity index (χ2n) is 3.92. The first-order valence-electron chi connectivity index (χ1n) is 5.25. The number of rotatable bonds is 2. The maximum atomic E-state index is 14.0. The van der Waals surface area contributed by atoms with E-state index in [4.69, 9.17) is 28.9 Å². The van der Waals surface area contributed by atoms with Gasteiger partial charge in [0.25, 0.3) is 0 Å². The Morgan fingerprint density at radius 1 is 1.11 bits per heavy atom. The van der Waals surface area contributed by atoms with Crippen LogP contribution < -0.4 is 5.73 Å². The van der Waals surface area contributed by atoms with E-state index in [0.717, 1.165) is 0 Å². The summed E-state index contributed by atoms with van der Waals surface area (Å²) >= 11 is 14.6. The maximum absolute atomic E-state index is 14.0. The molecule has 2 rings (SSSR count). The molecule has 2 aromatic carbocycles. The molecule has 0 saturated heterocycles. The lowest BCUT2D eigenvalue weighted by atomic mass is 9.99. The molecule has 1 nitrogen and oxygen atoms in total. The molecule has 6 heteroatoms. The first-order valence-corrected chi connectivity index (χ1v) is 6.80. The van der Waals surface area contributed by atoms with E-state index in [1.165, 1.54) is 24.3 Å². The lowest BCUT2D eigenvalue weighted by Gasteiger charge is -2.15. The molecule has 0 amide bonds. The van der Waals surface area contributed by atoms with Crippen molar-refractivity contribution in [1.82, 2.24) is 0 Å². The molecular formula is C13H8BrCl2F2N. The molecule has 0 aliphatic heterocycles. The summed E-state index contributed by atoms with van der Waals surface area (Å²) in [7, 11) is 0. The summed E-state index contributed by atoms with van der Waals surface area (Å²) in [6.45, 7) is 0. The Kier molecular flexibility index (Phi) is 4.46. The van der Waals surface area contributed by atoms with Gasteiger partial charge in [-0.15, -0.1) is 0 Å². The van der Waals surface area contributed by atoms with Gasteiger partial charge in [0.15, 0.2) is 0 Å². The monoisotopic (exact) mass is 365 g/mol. The summed E-state index contributed by atoms with van der Waals surface area (Å²) < 4.78 is 27.6. The quantitative estimate of drug-likeness (QED) is 0.736. The van der Waals surface area contributed by atoms with E-state index < -0.39 is 17.7 Å². The minimum Gasteiger partial charge on any atom is -0.320 e. The lowest BCUT2D eigenvalue weighted by Crippen LogP contribution is -2.14. The van der Waals surface area contributed by atoms with Crippen molar-refractivity contribution >= 4 is 39.1 Å². The van der Waals surface area contributed by atoms with Crippen molar-refractivity contribution in [3.63, 3.8) is 0 Å². The second-order valence-corrected chi connectivity index (χ2v) is 5.56. The normalized spacial score (nSPS) is 12.5. The standard InChI is InChI=1S/C13H8BrCl2F2N/c14-8-3-2-7(12(18)11(8)16)13(19)6-1-4-10(17)9(15)5-6/h1-5,13H,19H2. The topological polar surface area (TPSA) is 26.0 Å². The largest absolute Gasteiger partial charge is 0.320 e. The number of hydrogen-bond acceptors (Lipinski definition) is 1. The van der Waals surface area contributed by atoms with Crippen LogP contribution in [0.2, 0.25) is 10.0 Å². The zero-order valence-electron chi connectivity index (χ0n) is 9.43. The van der Waals surface area contributed by atoms with Crippen LogP contribution in [-0.4, -0.2) is 0 Å². The predicted molar refractivity (Wildman–Crippen MR) is 76.6 cm³/mol. The van der Waals surface area contributed by atoms with E-state index in [1.54, 1.807) is 6.07 Å². The minimum atomic E-state index is -0.774. The van der Waals surface area contributed by atoms with Gasteiger partial charge in [-0.25, -0.2) is 8.78 Å². The lowest BCUT2D eigenvalue weighted by molar-refractivity contribution is 0.598. The zero-order chi connectivity index (χ0) is 14.2. The summed E-state index contributed by atoms with van der Waals surface area (Å²) in [6.07, 6.45) is 0. The van der Waals surface area contributed by atoms with Crippen molar-refractivity contribution in [2.24, 2.45) is 5.73 Å². The van der Waals surface area contributed by atoms with Crippen LogP contribution in [0.3, 0.4) is 0 Å². The van der Waals surface area contributed by atoms with Gasteiger partial charge in [-0.1, -0.05) is 35.3 Å². The maximum Gasteiger partial charge on any atom is 0.148 e. The summed E-state index contributed by atoms with van der Waals surface area (Å²) in [5.41, 5.74) is 6.68. The minimum absolute atomic E-state index is 0.0406. The van der Waals surface area contributed by atoms with E-state index in [0.29, 0.717) is 10.0 Å². The van der Waals surface area contributed by atoms with Crippen LogP contribution in [0.25, 0.3) is 0 Å². The van der Waals surface area contributed by atoms with E-state index in [1.807, 2.05) is 0 Å². The molecule has 1 atom stereocenters. The Morgan fingerprint density at radius 2 is 1.79 bits per heavy atom. The molecule has 100 valence electrons. The fourth-order valence-electron chi connectivity index (χ4n) is 1.67. The van der Waals surface area contributed by atoms with Crippen molar-refractivity contribution in [3.8, 4) is 0 Å². The number of nitrogens with two attached hydrogens (primary N) is 1. The molecule has 0 heterocycles. The molecule has 0 bridgehead atoms. The third-order valence-corrected chi connectivity index (χ3v) is 4.25. The second kappa shape index (κ2) is 5.75. The third-order valence-electron chi connectivity index (χ3n) is 2.70. The number of benzene rings is 2. The van der Waals surface area contributed by atoms with Gasteiger partial charge >= 0.3 is 0 Å². The molecule has 0 aliphatic carbocycles. The van der Waals surface area contributed by atoms with Crippen LogP contribution in [0.1, 0.15) is 17.2 Å². The van der Waals surface area contributed by atoms with Crippen LogP contribution in [-0.2, 0) is 0 Å². The van der Waals surface area contributed by atoms with E-state index >= 15 is 0 Å². The summed E-state index contributed by atoms with van der Waals surface area (Å²) in [6, 6.07) is 6.37. The van der Waals surface area contributed by atoms with Crippen molar-refractivity contribution in [3.05, 3.63) is 67.6 Å². The van der Waals surface area contributed by atoms with Crippen LogP contribution in [0.5, 0.6) is 0 Å². The van der Waals surface area contributed by atoms with Crippen LogP contribution >= 0.6 is 39.1 Å².